The highest BCUT2D eigenvalue weighted by Gasteiger charge is 2.34. The Morgan fingerprint density at radius 2 is 2.00 bits per heavy atom. The van der Waals surface area contributed by atoms with Crippen molar-refractivity contribution in [2.75, 3.05) is 6.61 Å². The third-order valence-corrected chi connectivity index (χ3v) is 2.96. The molecule has 88 valence electrons. The Kier molecular flexibility index (Phi) is 2.60. The van der Waals surface area contributed by atoms with Gasteiger partial charge in [0.2, 0.25) is 0 Å². The van der Waals surface area contributed by atoms with E-state index in [1.165, 1.54) is 6.07 Å². The molecule has 1 aliphatic heterocycles. The summed E-state index contributed by atoms with van der Waals surface area (Å²) < 4.78 is 42.7. The van der Waals surface area contributed by atoms with Crippen LogP contribution in [0.2, 0.25) is 0 Å². The minimum Gasteiger partial charge on any atom is -0.493 e. The maximum Gasteiger partial charge on any atom is 0.416 e. The summed E-state index contributed by atoms with van der Waals surface area (Å²) in [5.74, 6) is 0.962. The molecule has 0 N–H and O–H groups in total. The van der Waals surface area contributed by atoms with Crippen LogP contribution >= 0.6 is 0 Å². The molecule has 0 aliphatic carbocycles. The predicted octanol–water partition coefficient (Wildman–Crippen LogP) is 3.84. The molecule has 1 aliphatic rings. The second-order valence-corrected chi connectivity index (χ2v) is 4.41. The Balaban J connectivity index is 2.37. The van der Waals surface area contributed by atoms with E-state index in [1.54, 1.807) is 0 Å². The van der Waals surface area contributed by atoms with Gasteiger partial charge < -0.3 is 4.74 Å². The molecule has 16 heavy (non-hydrogen) atoms. The summed E-state index contributed by atoms with van der Waals surface area (Å²) in [5, 5.41) is 0. The first kappa shape index (κ1) is 11.3. The zero-order valence-corrected chi connectivity index (χ0v) is 9.14. The van der Waals surface area contributed by atoms with Crippen molar-refractivity contribution in [1.29, 1.82) is 0 Å². The Morgan fingerprint density at radius 3 is 2.56 bits per heavy atom. The fourth-order valence-corrected chi connectivity index (χ4v) is 1.96. The second-order valence-electron chi connectivity index (χ2n) is 4.41. The Labute approximate surface area is 92.2 Å². The van der Waals surface area contributed by atoms with Crippen LogP contribution in [0.5, 0.6) is 5.75 Å². The maximum atomic E-state index is 12.5. The second kappa shape index (κ2) is 3.68. The van der Waals surface area contributed by atoms with Crippen molar-refractivity contribution in [1.82, 2.24) is 0 Å². The first-order valence-electron chi connectivity index (χ1n) is 5.23. The normalized spacial score (nSPS) is 19.8. The quantitative estimate of drug-likeness (QED) is 0.712. The zero-order chi connectivity index (χ0) is 11.9. The van der Waals surface area contributed by atoms with Crippen LogP contribution in [-0.2, 0) is 6.18 Å². The highest BCUT2D eigenvalue weighted by molar-refractivity contribution is 5.43. The molecule has 1 aromatic carbocycles. The van der Waals surface area contributed by atoms with E-state index in [0.717, 1.165) is 17.7 Å². The van der Waals surface area contributed by atoms with Crippen molar-refractivity contribution < 1.29 is 17.9 Å². The molecular weight excluding hydrogens is 217 g/mol. The van der Waals surface area contributed by atoms with Gasteiger partial charge in [0.1, 0.15) is 5.75 Å². The lowest BCUT2D eigenvalue weighted by Crippen LogP contribution is -2.07. The number of halogens is 3. The van der Waals surface area contributed by atoms with Gasteiger partial charge in [0.05, 0.1) is 12.2 Å². The maximum absolute atomic E-state index is 12.5. The lowest BCUT2D eigenvalue weighted by molar-refractivity contribution is -0.137. The van der Waals surface area contributed by atoms with E-state index in [0.29, 0.717) is 18.3 Å². The van der Waals surface area contributed by atoms with Gasteiger partial charge in [-0.3, -0.25) is 0 Å². The number of hydrogen-bond acceptors (Lipinski definition) is 1. The minimum atomic E-state index is -4.30. The Hall–Kier alpha value is -1.19. The molecule has 1 heterocycles. The molecule has 4 heteroatoms. The number of benzene rings is 1. The van der Waals surface area contributed by atoms with Gasteiger partial charge in [0, 0.05) is 11.5 Å². The standard InChI is InChI=1S/C12H13F3O/c1-7(2)10-6-16-11-5-8(12(13,14)15)3-4-9(10)11/h3-5,7,10H,6H2,1-2H3/t10-/m0/s1. The summed E-state index contributed by atoms with van der Waals surface area (Å²) in [5.41, 5.74) is 0.249. The lowest BCUT2D eigenvalue weighted by atomic mass is 9.90. The van der Waals surface area contributed by atoms with Crippen molar-refractivity contribution in [3.05, 3.63) is 29.3 Å². The van der Waals surface area contributed by atoms with Crippen molar-refractivity contribution in [2.24, 2.45) is 5.92 Å². The third kappa shape index (κ3) is 1.88. The largest absolute Gasteiger partial charge is 0.493 e. The molecule has 0 aromatic heterocycles. The summed E-state index contributed by atoms with van der Waals surface area (Å²) >= 11 is 0. The fourth-order valence-electron chi connectivity index (χ4n) is 1.96. The summed E-state index contributed by atoms with van der Waals surface area (Å²) in [7, 11) is 0. The van der Waals surface area contributed by atoms with E-state index in [9.17, 15) is 13.2 Å². The SMILES string of the molecule is CC(C)[C@@H]1COc2cc(C(F)(F)F)ccc21. The van der Waals surface area contributed by atoms with E-state index >= 15 is 0 Å². The van der Waals surface area contributed by atoms with E-state index in [-0.39, 0.29) is 5.92 Å². The van der Waals surface area contributed by atoms with Gasteiger partial charge in [-0.25, -0.2) is 0 Å². The molecular formula is C12H13F3O. The van der Waals surface area contributed by atoms with Gasteiger partial charge >= 0.3 is 6.18 Å². The average Bonchev–Trinajstić information content (AvgIpc) is 2.58. The van der Waals surface area contributed by atoms with Crippen LogP contribution < -0.4 is 4.74 Å². The summed E-state index contributed by atoms with van der Waals surface area (Å²) in [6.07, 6.45) is -4.30. The van der Waals surface area contributed by atoms with E-state index in [2.05, 4.69) is 0 Å². The van der Waals surface area contributed by atoms with Crippen LogP contribution in [0.25, 0.3) is 0 Å². The van der Waals surface area contributed by atoms with Gasteiger partial charge in [-0.1, -0.05) is 19.9 Å². The zero-order valence-electron chi connectivity index (χ0n) is 9.14. The number of fused-ring (bicyclic) bond motifs is 1. The molecule has 0 radical (unpaired) electrons. The molecule has 1 aromatic rings. The first-order valence-corrected chi connectivity index (χ1v) is 5.23. The van der Waals surface area contributed by atoms with Gasteiger partial charge in [0.25, 0.3) is 0 Å². The van der Waals surface area contributed by atoms with Gasteiger partial charge in [-0.2, -0.15) is 13.2 Å². The number of hydrogen-bond donors (Lipinski definition) is 0. The molecule has 0 saturated heterocycles. The van der Waals surface area contributed by atoms with E-state index in [4.69, 9.17) is 4.74 Å². The van der Waals surface area contributed by atoms with Gasteiger partial charge in [0.15, 0.2) is 0 Å². The van der Waals surface area contributed by atoms with E-state index < -0.39 is 11.7 Å². The van der Waals surface area contributed by atoms with Gasteiger partial charge in [-0.05, 0) is 18.1 Å². The Morgan fingerprint density at radius 1 is 1.31 bits per heavy atom. The average molecular weight is 230 g/mol. The summed E-state index contributed by atoms with van der Waals surface area (Å²) in [4.78, 5) is 0. The monoisotopic (exact) mass is 230 g/mol. The molecule has 0 spiro atoms. The highest BCUT2D eigenvalue weighted by Crippen LogP contribution is 2.41. The van der Waals surface area contributed by atoms with E-state index in [1.807, 2.05) is 13.8 Å². The number of rotatable bonds is 1. The molecule has 0 bridgehead atoms. The first-order chi connectivity index (χ1) is 7.39. The molecule has 0 saturated carbocycles. The van der Waals surface area contributed by atoms with Crippen LogP contribution in [0.15, 0.2) is 18.2 Å². The smallest absolute Gasteiger partial charge is 0.416 e. The number of ether oxygens (including phenoxy) is 1. The van der Waals surface area contributed by atoms with Crippen molar-refractivity contribution in [2.45, 2.75) is 25.9 Å². The van der Waals surface area contributed by atoms with Crippen LogP contribution in [-0.4, -0.2) is 6.61 Å². The van der Waals surface area contributed by atoms with Crippen LogP contribution in [0.1, 0.15) is 30.9 Å². The molecule has 0 fully saturated rings. The molecule has 0 unspecified atom stereocenters. The Bertz CT molecular complexity index is 396. The van der Waals surface area contributed by atoms with Crippen LogP contribution in [0, 0.1) is 5.92 Å². The molecule has 1 atom stereocenters. The summed E-state index contributed by atoms with van der Waals surface area (Å²) in [6, 6.07) is 3.76. The number of alkyl halides is 3. The molecule has 1 nitrogen and oxygen atoms in total. The van der Waals surface area contributed by atoms with Crippen molar-refractivity contribution in [3.8, 4) is 5.75 Å². The van der Waals surface area contributed by atoms with Gasteiger partial charge in [-0.15, -0.1) is 0 Å². The lowest BCUT2D eigenvalue weighted by Gasteiger charge is -2.13. The molecule has 0 amide bonds. The molecule has 2 rings (SSSR count). The predicted molar refractivity (Wildman–Crippen MR) is 54.5 cm³/mol. The van der Waals surface area contributed by atoms with Crippen molar-refractivity contribution in [3.63, 3.8) is 0 Å². The third-order valence-electron chi connectivity index (χ3n) is 2.96. The summed E-state index contributed by atoms with van der Waals surface area (Å²) in [6.45, 7) is 4.57. The van der Waals surface area contributed by atoms with Crippen LogP contribution in [0.3, 0.4) is 0 Å². The highest BCUT2D eigenvalue weighted by atomic mass is 19.4. The van der Waals surface area contributed by atoms with Crippen LogP contribution in [0.4, 0.5) is 13.2 Å². The minimum absolute atomic E-state index is 0.206. The van der Waals surface area contributed by atoms with Crippen molar-refractivity contribution >= 4 is 0 Å². The fraction of sp³-hybridized carbons (Fsp3) is 0.500. The topological polar surface area (TPSA) is 9.23 Å².